The van der Waals surface area contributed by atoms with Gasteiger partial charge in [-0.3, -0.25) is 4.79 Å². The highest BCUT2D eigenvalue weighted by Crippen LogP contribution is 2.32. The summed E-state index contributed by atoms with van der Waals surface area (Å²) in [5.74, 6) is 0.0270. The molecule has 0 heterocycles. The van der Waals surface area contributed by atoms with Gasteiger partial charge < -0.3 is 4.74 Å². The average molecular weight is 332 g/mol. The summed E-state index contributed by atoms with van der Waals surface area (Å²) in [6, 6.07) is 0. The van der Waals surface area contributed by atoms with Crippen molar-refractivity contribution in [1.29, 1.82) is 0 Å². The normalized spacial score (nSPS) is 19.7. The number of rotatable bonds is 8. The number of hydrogen-bond donors (Lipinski definition) is 0. The first-order valence-electron chi connectivity index (χ1n) is 9.04. The van der Waals surface area contributed by atoms with Crippen molar-refractivity contribution in [3.63, 3.8) is 0 Å². The highest BCUT2D eigenvalue weighted by molar-refractivity contribution is 5.95. The summed E-state index contributed by atoms with van der Waals surface area (Å²) >= 11 is 0. The van der Waals surface area contributed by atoms with E-state index in [4.69, 9.17) is 4.74 Å². The van der Waals surface area contributed by atoms with Crippen LogP contribution in [0.2, 0.25) is 0 Å². The monoisotopic (exact) mass is 332 g/mol. The van der Waals surface area contributed by atoms with Crippen LogP contribution in [-0.4, -0.2) is 18.4 Å². The molecule has 0 amide bonds. The highest BCUT2D eigenvalue weighted by Gasteiger charge is 2.30. The van der Waals surface area contributed by atoms with Crippen LogP contribution < -0.4 is 0 Å². The van der Waals surface area contributed by atoms with Crippen LogP contribution in [0.15, 0.2) is 34.4 Å². The molecule has 0 saturated carbocycles. The van der Waals surface area contributed by atoms with Crippen molar-refractivity contribution >= 4 is 11.8 Å². The lowest BCUT2D eigenvalue weighted by atomic mass is 9.80. The van der Waals surface area contributed by atoms with Crippen molar-refractivity contribution in [2.45, 2.75) is 73.1 Å². The summed E-state index contributed by atoms with van der Waals surface area (Å²) < 4.78 is 5.52. The van der Waals surface area contributed by atoms with Crippen molar-refractivity contribution in [1.82, 2.24) is 0 Å². The Morgan fingerprint density at radius 1 is 1.29 bits per heavy atom. The quantitative estimate of drug-likeness (QED) is 0.446. The summed E-state index contributed by atoms with van der Waals surface area (Å²) in [7, 11) is 0. The topological polar surface area (TPSA) is 43.4 Å². The van der Waals surface area contributed by atoms with Gasteiger partial charge in [-0.1, -0.05) is 36.6 Å². The standard InChI is InChI=1S/C21H32O3/c1-6-9-18-13-19(22)12-17(5)20(18)21(23)24-14-16(4)11-8-10-15(3)7-2/h7,11,18H,6,8-10,12-14H2,1-5H3/b15-7+,16-11+. The molecular formula is C21H32O3. The van der Waals surface area contributed by atoms with Crippen LogP contribution in [-0.2, 0) is 14.3 Å². The van der Waals surface area contributed by atoms with Gasteiger partial charge in [0.05, 0.1) is 0 Å². The predicted octanol–water partition coefficient (Wildman–Crippen LogP) is 5.32. The first kappa shape index (κ1) is 20.4. The number of allylic oxidation sites excluding steroid dienone is 4. The maximum absolute atomic E-state index is 12.5. The Morgan fingerprint density at radius 2 is 2.00 bits per heavy atom. The van der Waals surface area contributed by atoms with Crippen LogP contribution in [0.4, 0.5) is 0 Å². The number of esters is 1. The van der Waals surface area contributed by atoms with Gasteiger partial charge in [0.15, 0.2) is 0 Å². The van der Waals surface area contributed by atoms with E-state index in [1.165, 1.54) is 5.57 Å². The first-order chi connectivity index (χ1) is 11.4. The smallest absolute Gasteiger partial charge is 0.334 e. The maximum Gasteiger partial charge on any atom is 0.334 e. The molecule has 0 bridgehead atoms. The van der Waals surface area contributed by atoms with Gasteiger partial charge in [-0.15, -0.1) is 0 Å². The molecule has 3 heteroatoms. The lowest BCUT2D eigenvalue weighted by molar-refractivity contribution is -0.139. The van der Waals surface area contributed by atoms with Crippen molar-refractivity contribution < 1.29 is 14.3 Å². The van der Waals surface area contributed by atoms with E-state index in [0.717, 1.165) is 42.4 Å². The van der Waals surface area contributed by atoms with Crippen LogP contribution in [0.25, 0.3) is 0 Å². The van der Waals surface area contributed by atoms with Gasteiger partial charge in [-0.2, -0.15) is 0 Å². The van der Waals surface area contributed by atoms with Crippen molar-refractivity contribution in [3.05, 3.63) is 34.4 Å². The number of carbonyl (C=O) groups excluding carboxylic acids is 2. The van der Waals surface area contributed by atoms with Gasteiger partial charge in [-0.25, -0.2) is 4.79 Å². The summed E-state index contributed by atoms with van der Waals surface area (Å²) in [6.07, 6.45) is 8.96. The van der Waals surface area contributed by atoms with Crippen LogP contribution in [0.5, 0.6) is 0 Å². The minimum absolute atomic E-state index is 0.0328. The molecule has 24 heavy (non-hydrogen) atoms. The maximum atomic E-state index is 12.5. The SMILES string of the molecule is C/C=C(\C)CC/C=C(\C)COC(=O)C1=C(C)CC(=O)CC1CCC. The molecule has 0 aromatic rings. The van der Waals surface area contributed by atoms with Crippen LogP contribution >= 0.6 is 0 Å². The molecule has 0 saturated heterocycles. The molecule has 0 aliphatic heterocycles. The van der Waals surface area contributed by atoms with E-state index in [0.29, 0.717) is 19.4 Å². The molecule has 0 spiro atoms. The number of Topliss-reactive ketones (excluding diaryl/α,β-unsaturated/α-hetero) is 1. The third kappa shape index (κ3) is 6.46. The second-order valence-corrected chi connectivity index (χ2v) is 6.90. The van der Waals surface area contributed by atoms with Gasteiger partial charge in [-0.05, 0) is 58.4 Å². The minimum atomic E-state index is -0.240. The van der Waals surface area contributed by atoms with E-state index in [1.54, 1.807) is 0 Å². The Kier molecular flexibility index (Phi) is 8.73. The van der Waals surface area contributed by atoms with E-state index in [1.807, 2.05) is 20.8 Å². The molecule has 3 nitrogen and oxygen atoms in total. The molecule has 0 radical (unpaired) electrons. The molecule has 1 atom stereocenters. The molecule has 0 aromatic heterocycles. The lowest BCUT2D eigenvalue weighted by Gasteiger charge is -2.25. The number of ether oxygens (including phenoxy) is 1. The van der Waals surface area contributed by atoms with Crippen molar-refractivity contribution in [2.75, 3.05) is 6.61 Å². The Morgan fingerprint density at radius 3 is 2.62 bits per heavy atom. The number of ketones is 1. The van der Waals surface area contributed by atoms with Gasteiger partial charge in [0.2, 0.25) is 0 Å². The first-order valence-corrected chi connectivity index (χ1v) is 9.04. The zero-order chi connectivity index (χ0) is 18.1. The molecule has 1 aliphatic carbocycles. The number of hydrogen-bond acceptors (Lipinski definition) is 3. The fourth-order valence-electron chi connectivity index (χ4n) is 3.13. The van der Waals surface area contributed by atoms with Crippen molar-refractivity contribution in [2.24, 2.45) is 5.92 Å². The summed E-state index contributed by atoms with van der Waals surface area (Å²) in [4.78, 5) is 24.3. The molecule has 0 N–H and O–H groups in total. The second-order valence-electron chi connectivity index (χ2n) is 6.90. The Hall–Kier alpha value is -1.64. The summed E-state index contributed by atoms with van der Waals surface area (Å²) in [5.41, 5.74) is 4.07. The molecule has 0 fully saturated rings. The largest absolute Gasteiger partial charge is 0.458 e. The molecule has 0 aromatic carbocycles. The molecular weight excluding hydrogens is 300 g/mol. The van der Waals surface area contributed by atoms with E-state index in [2.05, 4.69) is 26.0 Å². The molecule has 1 rings (SSSR count). The van der Waals surface area contributed by atoms with Crippen LogP contribution in [0, 0.1) is 5.92 Å². The average Bonchev–Trinajstić information content (AvgIpc) is 2.52. The van der Waals surface area contributed by atoms with Gasteiger partial charge in [0, 0.05) is 18.4 Å². The third-order valence-corrected chi connectivity index (χ3v) is 4.62. The summed E-state index contributed by atoms with van der Waals surface area (Å²) in [6.45, 7) is 10.5. The Labute approximate surface area is 146 Å². The molecule has 1 aliphatic rings. The minimum Gasteiger partial charge on any atom is -0.458 e. The molecule has 1 unspecified atom stereocenters. The van der Waals surface area contributed by atoms with Gasteiger partial charge in [0.1, 0.15) is 12.4 Å². The van der Waals surface area contributed by atoms with E-state index >= 15 is 0 Å². The zero-order valence-corrected chi connectivity index (χ0v) is 15.9. The lowest BCUT2D eigenvalue weighted by Crippen LogP contribution is -2.25. The number of carbonyl (C=O) groups is 2. The zero-order valence-electron chi connectivity index (χ0n) is 15.9. The fraction of sp³-hybridized carbons (Fsp3) is 0.619. The Balaban J connectivity index is 2.63. The van der Waals surface area contributed by atoms with E-state index in [-0.39, 0.29) is 17.7 Å². The molecule has 134 valence electrons. The van der Waals surface area contributed by atoms with Crippen LogP contribution in [0.3, 0.4) is 0 Å². The second kappa shape index (κ2) is 10.3. The van der Waals surface area contributed by atoms with Crippen LogP contribution in [0.1, 0.15) is 73.1 Å². The van der Waals surface area contributed by atoms with Gasteiger partial charge >= 0.3 is 5.97 Å². The third-order valence-electron chi connectivity index (χ3n) is 4.62. The van der Waals surface area contributed by atoms with Crippen molar-refractivity contribution in [3.8, 4) is 0 Å². The van der Waals surface area contributed by atoms with Gasteiger partial charge in [0.25, 0.3) is 0 Å². The predicted molar refractivity (Wildman–Crippen MR) is 98.7 cm³/mol. The highest BCUT2D eigenvalue weighted by atomic mass is 16.5. The summed E-state index contributed by atoms with van der Waals surface area (Å²) in [5, 5.41) is 0. The van der Waals surface area contributed by atoms with E-state index < -0.39 is 0 Å². The fourth-order valence-corrected chi connectivity index (χ4v) is 3.13. The van der Waals surface area contributed by atoms with E-state index in [9.17, 15) is 9.59 Å². The Bertz CT molecular complexity index is 549.